The lowest BCUT2D eigenvalue weighted by atomic mass is 10.0. The number of para-hydroxylation sites is 1. The Kier molecular flexibility index (Phi) is 7.71. The number of hydrogen-bond acceptors (Lipinski definition) is 6. The van der Waals surface area contributed by atoms with Gasteiger partial charge in [-0.25, -0.2) is 4.68 Å². The third-order valence-corrected chi connectivity index (χ3v) is 7.21. The highest BCUT2D eigenvalue weighted by atomic mass is 32.1. The van der Waals surface area contributed by atoms with Crippen molar-refractivity contribution in [1.29, 1.82) is 5.26 Å². The predicted molar refractivity (Wildman–Crippen MR) is 156 cm³/mol. The molecule has 8 heteroatoms. The topological polar surface area (TPSA) is 83.2 Å². The first-order valence-corrected chi connectivity index (χ1v) is 13.3. The minimum absolute atomic E-state index is 0.0360. The summed E-state index contributed by atoms with van der Waals surface area (Å²) in [5, 5.41) is 18.0. The van der Waals surface area contributed by atoms with Gasteiger partial charge in [-0.1, -0.05) is 43.7 Å². The largest absolute Gasteiger partial charge is 0.497 e. The third kappa shape index (κ3) is 5.27. The van der Waals surface area contributed by atoms with Gasteiger partial charge in [-0.05, 0) is 66.9 Å². The number of benzene rings is 3. The Bertz CT molecular complexity index is 1540. The molecule has 7 nitrogen and oxygen atoms in total. The zero-order valence-corrected chi connectivity index (χ0v) is 22.7. The standard InChI is InChI=1S/C31H29N5O2S/c1-3-4-8-21-11-15-24(16-12-21)36-29(33-30(37)26(19-32)31(36)39)27-20-35(23-9-6-5-7-10-23)34-28(27)22-13-17-25(38-2)18-14-22/h5-7,9-18,20,29,39H,3-4,8H2,1-2H3,(H,33,37). The summed E-state index contributed by atoms with van der Waals surface area (Å²) in [6.07, 6.45) is 4.49. The second-order valence-corrected chi connectivity index (χ2v) is 9.69. The van der Waals surface area contributed by atoms with E-state index in [2.05, 4.69) is 24.4 Å². The van der Waals surface area contributed by atoms with Crippen molar-refractivity contribution in [3.05, 3.63) is 107 Å². The van der Waals surface area contributed by atoms with Crippen molar-refractivity contribution >= 4 is 24.2 Å². The smallest absolute Gasteiger partial charge is 0.266 e. The number of amides is 1. The Labute approximate surface area is 233 Å². The second kappa shape index (κ2) is 11.5. The predicted octanol–water partition coefficient (Wildman–Crippen LogP) is 6.19. The molecule has 1 amide bonds. The van der Waals surface area contributed by atoms with Crippen LogP contribution >= 0.6 is 12.6 Å². The van der Waals surface area contributed by atoms with E-state index in [1.54, 1.807) is 11.8 Å². The molecule has 1 atom stereocenters. The summed E-state index contributed by atoms with van der Waals surface area (Å²) in [6, 6.07) is 27.6. The molecule has 1 N–H and O–H groups in total. The first kappa shape index (κ1) is 26.1. The minimum atomic E-state index is -0.654. The normalized spacial score (nSPS) is 15.2. The molecule has 2 heterocycles. The summed E-state index contributed by atoms with van der Waals surface area (Å²) in [4.78, 5) is 14.9. The fourth-order valence-corrected chi connectivity index (χ4v) is 5.05. The Morgan fingerprint density at radius 2 is 1.74 bits per heavy atom. The number of aryl methyl sites for hydroxylation is 1. The lowest BCUT2D eigenvalue weighted by Gasteiger charge is -2.37. The van der Waals surface area contributed by atoms with E-state index in [-0.39, 0.29) is 5.57 Å². The quantitative estimate of drug-likeness (QED) is 0.263. The average molecular weight is 536 g/mol. The molecule has 5 rings (SSSR count). The maximum Gasteiger partial charge on any atom is 0.266 e. The summed E-state index contributed by atoms with van der Waals surface area (Å²) in [5.74, 6) is 0.259. The van der Waals surface area contributed by atoms with Gasteiger partial charge in [0, 0.05) is 23.0 Å². The number of anilines is 1. The highest BCUT2D eigenvalue weighted by Crippen LogP contribution is 2.39. The number of nitrogens with one attached hydrogen (secondary N) is 1. The van der Waals surface area contributed by atoms with Crippen LogP contribution in [0.3, 0.4) is 0 Å². The maximum atomic E-state index is 13.1. The van der Waals surface area contributed by atoms with Crippen LogP contribution in [-0.2, 0) is 11.2 Å². The van der Waals surface area contributed by atoms with E-state index < -0.39 is 12.1 Å². The highest BCUT2D eigenvalue weighted by molar-refractivity contribution is 7.84. The van der Waals surface area contributed by atoms with Crippen molar-refractivity contribution < 1.29 is 9.53 Å². The first-order chi connectivity index (χ1) is 19.0. The fourth-order valence-electron chi connectivity index (χ4n) is 4.67. The van der Waals surface area contributed by atoms with Crippen LogP contribution in [0.4, 0.5) is 5.69 Å². The van der Waals surface area contributed by atoms with Crippen LogP contribution < -0.4 is 15.0 Å². The van der Waals surface area contributed by atoms with E-state index >= 15 is 0 Å². The van der Waals surface area contributed by atoms with Gasteiger partial charge in [0.1, 0.15) is 23.6 Å². The molecule has 4 aromatic rings. The molecule has 196 valence electrons. The molecule has 3 aromatic carbocycles. The van der Waals surface area contributed by atoms with Gasteiger partial charge < -0.3 is 15.0 Å². The van der Waals surface area contributed by atoms with Crippen LogP contribution in [0, 0.1) is 11.3 Å². The third-order valence-electron chi connectivity index (χ3n) is 6.77. The van der Waals surface area contributed by atoms with Crippen molar-refractivity contribution in [1.82, 2.24) is 15.1 Å². The van der Waals surface area contributed by atoms with Gasteiger partial charge in [0.05, 0.1) is 23.5 Å². The molecule has 1 aliphatic rings. The van der Waals surface area contributed by atoms with E-state index in [4.69, 9.17) is 22.5 Å². The number of methoxy groups -OCH3 is 1. The van der Waals surface area contributed by atoms with Gasteiger partial charge in [0.15, 0.2) is 0 Å². The van der Waals surface area contributed by atoms with Crippen LogP contribution in [-0.4, -0.2) is 22.8 Å². The summed E-state index contributed by atoms with van der Waals surface area (Å²) in [7, 11) is 1.63. The number of unbranched alkanes of at least 4 members (excludes halogenated alkanes) is 1. The lowest BCUT2D eigenvalue weighted by molar-refractivity contribution is -0.118. The van der Waals surface area contributed by atoms with E-state index in [0.717, 1.165) is 47.5 Å². The molecule has 0 bridgehead atoms. The van der Waals surface area contributed by atoms with Gasteiger partial charge in [-0.3, -0.25) is 4.79 Å². The van der Waals surface area contributed by atoms with Gasteiger partial charge >= 0.3 is 0 Å². The van der Waals surface area contributed by atoms with Gasteiger partial charge in [0.2, 0.25) is 0 Å². The highest BCUT2D eigenvalue weighted by Gasteiger charge is 2.36. The van der Waals surface area contributed by atoms with Crippen LogP contribution in [0.15, 0.2) is 95.7 Å². The SMILES string of the molecule is CCCCc1ccc(N2C(S)=C(C#N)C(=O)NC2c2cn(-c3ccccc3)nc2-c2ccc(OC)cc2)cc1. The molecule has 1 aliphatic heterocycles. The summed E-state index contributed by atoms with van der Waals surface area (Å²) in [6.45, 7) is 2.17. The van der Waals surface area contributed by atoms with Crippen molar-refractivity contribution in [2.24, 2.45) is 0 Å². The maximum absolute atomic E-state index is 13.1. The molecule has 0 fully saturated rings. The number of hydrogen-bond donors (Lipinski definition) is 2. The zero-order chi connectivity index (χ0) is 27.4. The molecule has 0 aliphatic carbocycles. The molecule has 1 aromatic heterocycles. The average Bonchev–Trinajstić information content (AvgIpc) is 3.42. The monoisotopic (exact) mass is 535 g/mol. The molecule has 0 radical (unpaired) electrons. The fraction of sp³-hybridized carbons (Fsp3) is 0.194. The van der Waals surface area contributed by atoms with Gasteiger partial charge in [0.25, 0.3) is 5.91 Å². The Hall–Kier alpha value is -4.48. The van der Waals surface area contributed by atoms with Crippen LogP contribution in [0.5, 0.6) is 5.75 Å². The van der Waals surface area contributed by atoms with E-state index in [9.17, 15) is 10.1 Å². The Balaban J connectivity index is 1.66. The van der Waals surface area contributed by atoms with Crippen molar-refractivity contribution in [3.8, 4) is 28.8 Å². The minimum Gasteiger partial charge on any atom is -0.497 e. The number of thiol groups is 1. The van der Waals surface area contributed by atoms with Crippen molar-refractivity contribution in [2.75, 3.05) is 12.0 Å². The molecule has 0 saturated heterocycles. The zero-order valence-electron chi connectivity index (χ0n) is 21.8. The number of ether oxygens (including phenoxy) is 1. The number of rotatable bonds is 8. The molecule has 0 spiro atoms. The van der Waals surface area contributed by atoms with Gasteiger partial charge in [-0.2, -0.15) is 10.4 Å². The molecular formula is C31H29N5O2S. The van der Waals surface area contributed by atoms with Crippen LogP contribution in [0.2, 0.25) is 0 Å². The molecular weight excluding hydrogens is 506 g/mol. The van der Waals surface area contributed by atoms with Crippen LogP contribution in [0.1, 0.15) is 37.1 Å². The number of carbonyl (C=O) groups excluding carboxylic acids is 1. The van der Waals surface area contributed by atoms with E-state index in [0.29, 0.717) is 10.7 Å². The van der Waals surface area contributed by atoms with Crippen molar-refractivity contribution in [3.63, 3.8) is 0 Å². The number of aromatic nitrogens is 2. The summed E-state index contributed by atoms with van der Waals surface area (Å²) < 4.78 is 7.15. The Morgan fingerprint density at radius 1 is 1.03 bits per heavy atom. The Morgan fingerprint density at radius 3 is 2.38 bits per heavy atom. The molecule has 39 heavy (non-hydrogen) atoms. The van der Waals surface area contributed by atoms with E-state index in [1.807, 2.05) is 83.9 Å². The van der Waals surface area contributed by atoms with Gasteiger partial charge in [-0.15, -0.1) is 12.6 Å². The lowest BCUT2D eigenvalue weighted by Crippen LogP contribution is -2.46. The number of nitrogens with zero attached hydrogens (tertiary/aromatic N) is 4. The number of carbonyl (C=O) groups is 1. The van der Waals surface area contributed by atoms with Crippen molar-refractivity contribution in [2.45, 2.75) is 32.4 Å². The molecule has 1 unspecified atom stereocenters. The van der Waals surface area contributed by atoms with Crippen LogP contribution in [0.25, 0.3) is 16.9 Å². The second-order valence-electron chi connectivity index (χ2n) is 9.27. The first-order valence-electron chi connectivity index (χ1n) is 12.9. The van der Waals surface area contributed by atoms with E-state index in [1.165, 1.54) is 5.56 Å². The molecule has 0 saturated carbocycles. The summed E-state index contributed by atoms with van der Waals surface area (Å²) >= 11 is 4.70. The summed E-state index contributed by atoms with van der Waals surface area (Å²) in [5.41, 5.74) is 5.21. The number of nitriles is 1.